The largest absolute Gasteiger partial charge is 0.382 e. The van der Waals surface area contributed by atoms with E-state index in [9.17, 15) is 0 Å². The average molecular weight is 234 g/mol. The molecule has 5 nitrogen and oxygen atoms in total. The molecule has 0 saturated carbocycles. The zero-order chi connectivity index (χ0) is 12.1. The second-order valence-electron chi connectivity index (χ2n) is 3.93. The first-order valence-electron chi connectivity index (χ1n) is 5.93. The predicted molar refractivity (Wildman–Crippen MR) is 67.3 cm³/mol. The number of nitrogens with zero attached hydrogens (tertiary/aromatic N) is 3. The molecule has 17 heavy (non-hydrogen) atoms. The third-order valence-corrected chi connectivity index (χ3v) is 2.50. The van der Waals surface area contributed by atoms with Crippen LogP contribution in [0.5, 0.6) is 0 Å². The maximum absolute atomic E-state index is 5.29. The van der Waals surface area contributed by atoms with Crippen LogP contribution in [0.3, 0.4) is 0 Å². The Morgan fingerprint density at radius 3 is 3.12 bits per heavy atom. The smallest absolute Gasteiger partial charge is 0.157 e. The van der Waals surface area contributed by atoms with Crippen LogP contribution in [0.4, 0.5) is 5.82 Å². The minimum Gasteiger partial charge on any atom is -0.382 e. The Labute approximate surface area is 101 Å². The molecular weight excluding hydrogens is 216 g/mol. The lowest BCUT2D eigenvalue weighted by molar-refractivity contribution is 0.147. The highest BCUT2D eigenvalue weighted by molar-refractivity contribution is 5.51. The summed E-state index contributed by atoms with van der Waals surface area (Å²) in [5.74, 6) is 0.981. The standard InChI is InChI=1S/C12H18N4O/c1-3-17-6-4-5-13-11-7-10(2)8-12-14-9-15-16(11)12/h7-9,13H,3-6H2,1-2H3. The Bertz CT molecular complexity index is 480. The summed E-state index contributed by atoms with van der Waals surface area (Å²) < 4.78 is 7.11. The maximum Gasteiger partial charge on any atom is 0.157 e. The SMILES string of the molecule is CCOCCCNc1cc(C)cc2ncnn12. The second-order valence-corrected chi connectivity index (χ2v) is 3.93. The normalized spacial score (nSPS) is 10.9. The molecule has 0 aliphatic carbocycles. The molecule has 0 aliphatic heterocycles. The summed E-state index contributed by atoms with van der Waals surface area (Å²) in [7, 11) is 0. The van der Waals surface area contributed by atoms with Gasteiger partial charge in [0.2, 0.25) is 0 Å². The van der Waals surface area contributed by atoms with Crippen molar-refractivity contribution in [3.05, 3.63) is 24.0 Å². The third kappa shape index (κ3) is 2.94. The van der Waals surface area contributed by atoms with Gasteiger partial charge in [0.05, 0.1) is 0 Å². The van der Waals surface area contributed by atoms with Crippen molar-refractivity contribution in [2.45, 2.75) is 20.3 Å². The van der Waals surface area contributed by atoms with Crippen molar-refractivity contribution >= 4 is 11.5 Å². The molecular formula is C12H18N4O. The molecule has 0 radical (unpaired) electrons. The van der Waals surface area contributed by atoms with Crippen molar-refractivity contribution in [2.75, 3.05) is 25.1 Å². The van der Waals surface area contributed by atoms with Gasteiger partial charge in [-0.3, -0.25) is 0 Å². The zero-order valence-corrected chi connectivity index (χ0v) is 10.3. The van der Waals surface area contributed by atoms with Crippen LogP contribution in [0.15, 0.2) is 18.5 Å². The van der Waals surface area contributed by atoms with Crippen molar-refractivity contribution < 1.29 is 4.74 Å². The highest BCUT2D eigenvalue weighted by Gasteiger charge is 2.02. The fraction of sp³-hybridized carbons (Fsp3) is 0.500. The molecule has 2 aromatic rings. The molecule has 2 aromatic heterocycles. The van der Waals surface area contributed by atoms with Crippen LogP contribution in [-0.4, -0.2) is 34.4 Å². The lowest BCUT2D eigenvalue weighted by atomic mass is 10.3. The van der Waals surface area contributed by atoms with Crippen LogP contribution in [0, 0.1) is 6.92 Å². The molecule has 0 atom stereocenters. The van der Waals surface area contributed by atoms with E-state index in [1.807, 2.05) is 17.5 Å². The van der Waals surface area contributed by atoms with E-state index in [0.717, 1.165) is 37.6 Å². The summed E-state index contributed by atoms with van der Waals surface area (Å²) in [5, 5.41) is 7.54. The van der Waals surface area contributed by atoms with Crippen LogP contribution in [0.25, 0.3) is 5.65 Å². The lowest BCUT2D eigenvalue weighted by Gasteiger charge is -2.09. The highest BCUT2D eigenvalue weighted by Crippen LogP contribution is 2.12. The number of nitrogens with one attached hydrogen (secondary N) is 1. The van der Waals surface area contributed by atoms with Gasteiger partial charge in [-0.1, -0.05) is 0 Å². The fourth-order valence-electron chi connectivity index (χ4n) is 1.72. The summed E-state index contributed by atoms with van der Waals surface area (Å²) in [5.41, 5.74) is 2.05. The number of fused-ring (bicyclic) bond motifs is 1. The topological polar surface area (TPSA) is 51.5 Å². The Balaban J connectivity index is 2.00. The fourth-order valence-corrected chi connectivity index (χ4v) is 1.72. The van der Waals surface area contributed by atoms with Gasteiger partial charge >= 0.3 is 0 Å². The number of hydrogen-bond donors (Lipinski definition) is 1. The van der Waals surface area contributed by atoms with E-state index in [1.54, 1.807) is 6.33 Å². The Kier molecular flexibility index (Phi) is 3.93. The monoisotopic (exact) mass is 234 g/mol. The Morgan fingerprint density at radius 1 is 1.41 bits per heavy atom. The van der Waals surface area contributed by atoms with Crippen molar-refractivity contribution in [3.63, 3.8) is 0 Å². The number of rotatable bonds is 6. The molecule has 0 unspecified atom stereocenters. The van der Waals surface area contributed by atoms with Gasteiger partial charge in [-0.15, -0.1) is 0 Å². The first kappa shape index (κ1) is 11.9. The zero-order valence-electron chi connectivity index (χ0n) is 10.3. The van der Waals surface area contributed by atoms with E-state index >= 15 is 0 Å². The van der Waals surface area contributed by atoms with Crippen LogP contribution in [-0.2, 0) is 4.74 Å². The lowest BCUT2D eigenvalue weighted by Crippen LogP contribution is -2.09. The molecule has 2 heterocycles. The molecule has 0 saturated heterocycles. The maximum atomic E-state index is 5.29. The molecule has 0 bridgehead atoms. The number of hydrogen-bond acceptors (Lipinski definition) is 4. The second kappa shape index (κ2) is 5.63. The summed E-state index contributed by atoms with van der Waals surface area (Å²) in [4.78, 5) is 4.19. The Hall–Kier alpha value is -1.62. The number of aryl methyl sites for hydroxylation is 1. The van der Waals surface area contributed by atoms with Gasteiger partial charge in [-0.2, -0.15) is 9.61 Å². The van der Waals surface area contributed by atoms with Crippen LogP contribution in [0.1, 0.15) is 18.9 Å². The third-order valence-electron chi connectivity index (χ3n) is 2.50. The van der Waals surface area contributed by atoms with Gasteiger partial charge in [0.1, 0.15) is 12.1 Å². The minimum absolute atomic E-state index is 0.776. The van der Waals surface area contributed by atoms with Gasteiger partial charge in [0.15, 0.2) is 5.65 Å². The van der Waals surface area contributed by atoms with Crippen molar-refractivity contribution in [1.29, 1.82) is 0 Å². The summed E-state index contributed by atoms with van der Waals surface area (Å²) in [6.45, 7) is 6.50. The molecule has 2 rings (SSSR count). The van der Waals surface area contributed by atoms with E-state index < -0.39 is 0 Å². The van der Waals surface area contributed by atoms with E-state index in [1.165, 1.54) is 5.56 Å². The number of ether oxygens (including phenoxy) is 1. The molecule has 0 aromatic carbocycles. The van der Waals surface area contributed by atoms with Gasteiger partial charge in [-0.05, 0) is 38.0 Å². The highest BCUT2D eigenvalue weighted by atomic mass is 16.5. The Morgan fingerprint density at radius 2 is 2.29 bits per heavy atom. The summed E-state index contributed by atoms with van der Waals surface area (Å²) in [6.07, 6.45) is 2.55. The van der Waals surface area contributed by atoms with Gasteiger partial charge < -0.3 is 10.1 Å². The van der Waals surface area contributed by atoms with Gasteiger partial charge in [-0.25, -0.2) is 4.98 Å². The van der Waals surface area contributed by atoms with Crippen molar-refractivity contribution in [1.82, 2.24) is 14.6 Å². The molecule has 0 fully saturated rings. The average Bonchev–Trinajstić information content (AvgIpc) is 2.76. The van der Waals surface area contributed by atoms with Crippen LogP contribution >= 0.6 is 0 Å². The number of anilines is 1. The number of aromatic nitrogens is 3. The van der Waals surface area contributed by atoms with Gasteiger partial charge in [0, 0.05) is 19.8 Å². The predicted octanol–water partition coefficient (Wildman–Crippen LogP) is 1.88. The molecule has 92 valence electrons. The van der Waals surface area contributed by atoms with Crippen molar-refractivity contribution in [3.8, 4) is 0 Å². The molecule has 0 spiro atoms. The van der Waals surface area contributed by atoms with E-state index in [0.29, 0.717) is 0 Å². The summed E-state index contributed by atoms with van der Waals surface area (Å²) >= 11 is 0. The summed E-state index contributed by atoms with van der Waals surface area (Å²) in [6, 6.07) is 4.08. The van der Waals surface area contributed by atoms with Crippen LogP contribution < -0.4 is 5.32 Å². The minimum atomic E-state index is 0.776. The molecule has 5 heteroatoms. The van der Waals surface area contributed by atoms with E-state index in [-0.39, 0.29) is 0 Å². The first-order chi connectivity index (χ1) is 8.31. The molecule has 0 aliphatic rings. The first-order valence-corrected chi connectivity index (χ1v) is 5.93. The van der Waals surface area contributed by atoms with Crippen LogP contribution in [0.2, 0.25) is 0 Å². The quantitative estimate of drug-likeness (QED) is 0.775. The van der Waals surface area contributed by atoms with Crippen molar-refractivity contribution in [2.24, 2.45) is 0 Å². The molecule has 0 amide bonds. The molecule has 1 N–H and O–H groups in total. The van der Waals surface area contributed by atoms with Gasteiger partial charge in [0.25, 0.3) is 0 Å². The van der Waals surface area contributed by atoms with E-state index in [2.05, 4.69) is 28.4 Å². The van der Waals surface area contributed by atoms with E-state index in [4.69, 9.17) is 4.74 Å². The number of pyridine rings is 1.